The number of fused-ring (bicyclic) bond motifs is 1. The van der Waals surface area contributed by atoms with Gasteiger partial charge in [0.15, 0.2) is 40.3 Å². The molecular formula is C25H20IN9O3. The first kappa shape index (κ1) is 25.1. The van der Waals surface area contributed by atoms with Crippen molar-refractivity contribution in [1.82, 2.24) is 34.5 Å². The number of carbonyl (C=O) groups is 1. The van der Waals surface area contributed by atoms with Gasteiger partial charge in [0.25, 0.3) is 0 Å². The molecule has 0 aliphatic rings. The third kappa shape index (κ3) is 4.98. The highest BCUT2D eigenvalue weighted by atomic mass is 127. The van der Waals surface area contributed by atoms with Crippen LogP contribution in [-0.2, 0) is 7.80 Å². The number of halogens is 1. The second-order valence-electron chi connectivity index (χ2n) is 8.37. The zero-order valence-electron chi connectivity index (χ0n) is 20.5. The molecule has 38 heavy (non-hydrogen) atoms. The maximum atomic E-state index is 11.8. The minimum Gasteiger partial charge on any atom is -0.426 e. The molecule has 0 fully saturated rings. The van der Waals surface area contributed by atoms with Gasteiger partial charge in [0.2, 0.25) is 0 Å². The number of carbonyl (C=O) groups excluding carboxylic acids is 1. The van der Waals surface area contributed by atoms with E-state index in [1.807, 2.05) is 54.8 Å². The molecule has 0 saturated carbocycles. The molecule has 0 amide bonds. The molecule has 0 aliphatic heterocycles. The van der Waals surface area contributed by atoms with Crippen LogP contribution in [0.25, 0.3) is 22.7 Å². The van der Waals surface area contributed by atoms with Crippen LogP contribution in [0.15, 0.2) is 54.9 Å². The Kier molecular flexibility index (Phi) is 6.88. The number of nitrogens with one attached hydrogen (secondary N) is 1. The van der Waals surface area contributed by atoms with E-state index in [4.69, 9.17) is 9.72 Å². The highest BCUT2D eigenvalue weighted by Gasteiger charge is 2.22. The summed E-state index contributed by atoms with van der Waals surface area (Å²) in [5.41, 5.74) is 4.74. The van der Waals surface area contributed by atoms with Gasteiger partial charge in [-0.05, 0) is 69.3 Å². The second-order valence-corrected chi connectivity index (χ2v) is 8.81. The standard InChI is InChI=1S/C25H20IN9O3/c1-14-4-8-22(32-31-14)29-17-5-7-21-20(11-17)28-13-34(21)23-9-6-19(16(3)37-25(36)38-26)24(30-23)35-15(2)10-18(12-27)33-35/h4-11,13,16H,1-3H3,(H,29,32)/t16-/m0/s1. The number of pyridine rings is 1. The summed E-state index contributed by atoms with van der Waals surface area (Å²) >= 11 is 1.46. The van der Waals surface area contributed by atoms with Crippen LogP contribution in [-0.4, -0.2) is 40.7 Å². The summed E-state index contributed by atoms with van der Waals surface area (Å²) in [6, 6.07) is 16.8. The predicted molar refractivity (Wildman–Crippen MR) is 145 cm³/mol. The number of aryl methyl sites for hydroxylation is 2. The van der Waals surface area contributed by atoms with E-state index >= 15 is 0 Å². The van der Waals surface area contributed by atoms with Gasteiger partial charge in [-0.15, -0.1) is 5.10 Å². The van der Waals surface area contributed by atoms with Crippen LogP contribution in [0.5, 0.6) is 0 Å². The SMILES string of the molecule is Cc1ccc(Nc2ccc3c(c2)ncn3-c2ccc([C@H](C)OC(=O)OI)c(-n3nc(C#N)cc3C)n2)nn1. The fourth-order valence-corrected chi connectivity index (χ4v) is 4.03. The summed E-state index contributed by atoms with van der Waals surface area (Å²) in [5.74, 6) is 1.60. The smallest absolute Gasteiger partial charge is 0.426 e. The van der Waals surface area contributed by atoms with Gasteiger partial charge in [-0.2, -0.15) is 15.5 Å². The minimum absolute atomic E-state index is 0.243. The maximum Gasteiger partial charge on any atom is 0.518 e. The summed E-state index contributed by atoms with van der Waals surface area (Å²) in [6.07, 6.45) is 0.154. The van der Waals surface area contributed by atoms with Crippen LogP contribution >= 0.6 is 23.0 Å². The van der Waals surface area contributed by atoms with Crippen molar-refractivity contribution in [1.29, 1.82) is 5.26 Å². The van der Waals surface area contributed by atoms with Crippen LogP contribution in [0.2, 0.25) is 0 Å². The first-order valence-electron chi connectivity index (χ1n) is 11.4. The minimum atomic E-state index is -0.829. The van der Waals surface area contributed by atoms with Crippen LogP contribution in [0.4, 0.5) is 16.3 Å². The Morgan fingerprint density at radius 2 is 1.97 bits per heavy atom. The van der Waals surface area contributed by atoms with E-state index in [2.05, 4.69) is 28.7 Å². The fraction of sp³-hybridized carbons (Fsp3) is 0.160. The van der Waals surface area contributed by atoms with Gasteiger partial charge in [-0.3, -0.25) is 4.57 Å². The molecule has 0 saturated heterocycles. The van der Waals surface area contributed by atoms with Gasteiger partial charge in [0, 0.05) is 16.9 Å². The molecule has 0 radical (unpaired) electrons. The summed E-state index contributed by atoms with van der Waals surface area (Å²) in [5, 5.41) is 25.1. The Labute approximate surface area is 230 Å². The summed E-state index contributed by atoms with van der Waals surface area (Å²) < 4.78 is 13.3. The molecule has 4 aromatic heterocycles. The largest absolute Gasteiger partial charge is 0.518 e. The van der Waals surface area contributed by atoms with Gasteiger partial charge >= 0.3 is 6.16 Å². The van der Waals surface area contributed by atoms with E-state index in [9.17, 15) is 10.1 Å². The van der Waals surface area contributed by atoms with E-state index in [1.54, 1.807) is 36.1 Å². The van der Waals surface area contributed by atoms with Crippen molar-refractivity contribution < 1.29 is 12.6 Å². The van der Waals surface area contributed by atoms with Crippen molar-refractivity contribution in [2.75, 3.05) is 5.32 Å². The third-order valence-corrected chi connectivity index (χ3v) is 6.09. The van der Waals surface area contributed by atoms with Crippen LogP contribution in [0, 0.1) is 25.2 Å². The average Bonchev–Trinajstić information content (AvgIpc) is 3.52. The Balaban J connectivity index is 1.55. The molecular weight excluding hydrogens is 601 g/mol. The Hall–Kier alpha value is -4.58. The highest BCUT2D eigenvalue weighted by Crippen LogP contribution is 2.28. The van der Waals surface area contributed by atoms with Gasteiger partial charge in [0.1, 0.15) is 24.3 Å². The van der Waals surface area contributed by atoms with Crippen LogP contribution in [0.1, 0.15) is 35.7 Å². The monoisotopic (exact) mass is 621 g/mol. The van der Waals surface area contributed by atoms with Crippen LogP contribution < -0.4 is 5.32 Å². The van der Waals surface area contributed by atoms with E-state index < -0.39 is 12.3 Å². The lowest BCUT2D eigenvalue weighted by molar-refractivity contribution is 0.0771. The Morgan fingerprint density at radius 3 is 2.68 bits per heavy atom. The number of rotatable bonds is 6. The lowest BCUT2D eigenvalue weighted by atomic mass is 10.1. The first-order valence-corrected chi connectivity index (χ1v) is 12.3. The molecule has 5 aromatic rings. The molecule has 0 unspecified atom stereocenters. The normalized spacial score (nSPS) is 11.7. The fourth-order valence-electron chi connectivity index (χ4n) is 3.93. The lowest BCUT2D eigenvalue weighted by Crippen LogP contribution is -2.14. The molecule has 1 N–H and O–H groups in total. The summed E-state index contributed by atoms with van der Waals surface area (Å²) in [4.78, 5) is 21.2. The quantitative estimate of drug-likeness (QED) is 0.199. The summed E-state index contributed by atoms with van der Waals surface area (Å²) in [6.45, 7) is 5.40. The molecule has 4 heterocycles. The van der Waals surface area contributed by atoms with Crippen molar-refractivity contribution in [3.8, 4) is 17.7 Å². The number of aromatic nitrogens is 7. The van der Waals surface area contributed by atoms with Gasteiger partial charge in [0.05, 0.1) is 16.7 Å². The van der Waals surface area contributed by atoms with Crippen molar-refractivity contribution in [3.63, 3.8) is 0 Å². The molecule has 190 valence electrons. The molecule has 1 atom stereocenters. The van der Waals surface area contributed by atoms with Gasteiger partial charge < -0.3 is 13.1 Å². The Bertz CT molecular complexity index is 1690. The number of hydrogen-bond donors (Lipinski definition) is 1. The predicted octanol–water partition coefficient (Wildman–Crippen LogP) is 5.19. The maximum absolute atomic E-state index is 11.8. The molecule has 5 rings (SSSR count). The molecule has 12 nitrogen and oxygen atoms in total. The molecule has 13 heteroatoms. The van der Waals surface area contributed by atoms with E-state index in [0.717, 1.165) is 22.4 Å². The lowest BCUT2D eigenvalue weighted by Gasteiger charge is -2.17. The van der Waals surface area contributed by atoms with E-state index in [0.29, 0.717) is 28.7 Å². The Morgan fingerprint density at radius 1 is 1.13 bits per heavy atom. The second kappa shape index (κ2) is 10.4. The number of imidazole rings is 1. The number of benzene rings is 1. The average molecular weight is 621 g/mol. The number of nitriles is 1. The third-order valence-electron chi connectivity index (χ3n) is 5.73. The first-order chi connectivity index (χ1) is 18.4. The number of nitrogens with zero attached hydrogens (tertiary/aromatic N) is 8. The van der Waals surface area contributed by atoms with E-state index in [1.165, 1.54) is 23.0 Å². The van der Waals surface area contributed by atoms with Gasteiger partial charge in [-0.25, -0.2) is 19.4 Å². The zero-order valence-corrected chi connectivity index (χ0v) is 22.6. The molecule has 0 spiro atoms. The van der Waals surface area contributed by atoms with Crippen molar-refractivity contribution in [2.24, 2.45) is 0 Å². The van der Waals surface area contributed by atoms with Crippen molar-refractivity contribution in [2.45, 2.75) is 26.9 Å². The van der Waals surface area contributed by atoms with Gasteiger partial charge in [-0.1, -0.05) is 0 Å². The zero-order chi connectivity index (χ0) is 26.8. The number of ether oxygens (including phenoxy) is 1. The molecule has 0 aliphatic carbocycles. The molecule has 0 bridgehead atoms. The van der Waals surface area contributed by atoms with E-state index in [-0.39, 0.29) is 5.69 Å². The number of anilines is 2. The van der Waals surface area contributed by atoms with Crippen molar-refractivity contribution in [3.05, 3.63) is 77.5 Å². The topological polar surface area (TPSA) is 146 Å². The summed E-state index contributed by atoms with van der Waals surface area (Å²) in [7, 11) is 0. The van der Waals surface area contributed by atoms with Crippen LogP contribution in [0.3, 0.4) is 0 Å². The van der Waals surface area contributed by atoms with Crippen molar-refractivity contribution >= 4 is 51.7 Å². The highest BCUT2D eigenvalue weighted by molar-refractivity contribution is 14.1. The molecule has 1 aromatic carbocycles. The number of hydrogen-bond acceptors (Lipinski definition) is 10.